The second kappa shape index (κ2) is 4.82. The lowest BCUT2D eigenvalue weighted by Crippen LogP contribution is -2.01. The van der Waals surface area contributed by atoms with Gasteiger partial charge in [-0.1, -0.05) is 12.1 Å². The van der Waals surface area contributed by atoms with Crippen molar-refractivity contribution in [2.45, 2.75) is 20.4 Å². The highest BCUT2D eigenvalue weighted by atomic mass is 16.3. The molecule has 0 aliphatic heterocycles. The maximum absolute atomic E-state index is 9.68. The second-order valence-corrected chi connectivity index (χ2v) is 4.06. The normalized spacial score (nSPS) is 10.2. The molecule has 1 aromatic heterocycles. The zero-order valence-electron chi connectivity index (χ0n) is 9.94. The summed E-state index contributed by atoms with van der Waals surface area (Å²) in [6, 6.07) is 3.94. The SMILES string of the molecule is Cc1cc(CNc2cncnc2)cc(C)c1O. The van der Waals surface area contributed by atoms with Crippen LogP contribution in [0.5, 0.6) is 5.75 Å². The summed E-state index contributed by atoms with van der Waals surface area (Å²) in [6.07, 6.45) is 4.96. The van der Waals surface area contributed by atoms with E-state index in [-0.39, 0.29) is 0 Å². The minimum Gasteiger partial charge on any atom is -0.507 e. The van der Waals surface area contributed by atoms with Gasteiger partial charge in [0.2, 0.25) is 0 Å². The molecule has 0 saturated carbocycles. The summed E-state index contributed by atoms with van der Waals surface area (Å²) in [5.41, 5.74) is 3.80. The van der Waals surface area contributed by atoms with Crippen molar-refractivity contribution in [3.63, 3.8) is 0 Å². The molecular formula is C13H15N3O. The van der Waals surface area contributed by atoms with Crippen LogP contribution in [-0.4, -0.2) is 15.1 Å². The van der Waals surface area contributed by atoms with E-state index in [2.05, 4.69) is 15.3 Å². The molecule has 0 fully saturated rings. The molecule has 0 aliphatic carbocycles. The highest BCUT2D eigenvalue weighted by Gasteiger charge is 2.03. The summed E-state index contributed by atoms with van der Waals surface area (Å²) in [6.45, 7) is 4.49. The van der Waals surface area contributed by atoms with Crippen molar-refractivity contribution >= 4 is 5.69 Å². The number of hydrogen-bond acceptors (Lipinski definition) is 4. The molecule has 1 aromatic carbocycles. The number of benzene rings is 1. The molecule has 17 heavy (non-hydrogen) atoms. The Kier molecular flexibility index (Phi) is 3.23. The smallest absolute Gasteiger partial charge is 0.121 e. The van der Waals surface area contributed by atoms with Gasteiger partial charge in [0.1, 0.15) is 12.1 Å². The van der Waals surface area contributed by atoms with Crippen molar-refractivity contribution < 1.29 is 5.11 Å². The maximum atomic E-state index is 9.68. The number of aryl methyl sites for hydroxylation is 2. The van der Waals surface area contributed by atoms with E-state index in [1.165, 1.54) is 6.33 Å². The second-order valence-electron chi connectivity index (χ2n) is 4.06. The van der Waals surface area contributed by atoms with E-state index in [0.717, 1.165) is 22.4 Å². The number of aromatic hydroxyl groups is 1. The molecule has 4 nitrogen and oxygen atoms in total. The first kappa shape index (κ1) is 11.4. The summed E-state index contributed by atoms with van der Waals surface area (Å²) in [7, 11) is 0. The van der Waals surface area contributed by atoms with Crippen molar-refractivity contribution in [3.8, 4) is 5.75 Å². The molecule has 0 unspecified atom stereocenters. The highest BCUT2D eigenvalue weighted by Crippen LogP contribution is 2.23. The predicted molar refractivity (Wildman–Crippen MR) is 66.9 cm³/mol. The Morgan fingerprint density at radius 3 is 2.29 bits per heavy atom. The number of phenolic OH excluding ortho intramolecular Hbond substituents is 1. The minimum atomic E-state index is 0.372. The molecule has 1 heterocycles. The van der Waals surface area contributed by atoms with Gasteiger partial charge in [0.25, 0.3) is 0 Å². The van der Waals surface area contributed by atoms with E-state index in [4.69, 9.17) is 0 Å². The van der Waals surface area contributed by atoms with Crippen LogP contribution in [0.1, 0.15) is 16.7 Å². The topological polar surface area (TPSA) is 58.0 Å². The Labute approximate surface area is 100 Å². The lowest BCUT2D eigenvalue weighted by Gasteiger charge is -2.09. The van der Waals surface area contributed by atoms with Gasteiger partial charge >= 0.3 is 0 Å². The van der Waals surface area contributed by atoms with Gasteiger partial charge in [0.15, 0.2) is 0 Å². The Bertz CT molecular complexity index is 488. The van der Waals surface area contributed by atoms with E-state index in [0.29, 0.717) is 12.3 Å². The van der Waals surface area contributed by atoms with Crippen LogP contribution in [-0.2, 0) is 6.54 Å². The molecule has 2 N–H and O–H groups in total. The van der Waals surface area contributed by atoms with E-state index in [9.17, 15) is 5.11 Å². The molecule has 0 radical (unpaired) electrons. The number of hydrogen-bond donors (Lipinski definition) is 2. The number of anilines is 1. The van der Waals surface area contributed by atoms with Crippen LogP contribution in [0.3, 0.4) is 0 Å². The Morgan fingerprint density at radius 2 is 1.71 bits per heavy atom. The van der Waals surface area contributed by atoms with Gasteiger partial charge in [0.05, 0.1) is 18.1 Å². The fourth-order valence-corrected chi connectivity index (χ4v) is 1.74. The van der Waals surface area contributed by atoms with Gasteiger partial charge in [-0.2, -0.15) is 0 Å². The van der Waals surface area contributed by atoms with Gasteiger partial charge in [-0.15, -0.1) is 0 Å². The first-order valence-corrected chi connectivity index (χ1v) is 5.45. The largest absolute Gasteiger partial charge is 0.507 e. The average molecular weight is 229 g/mol. The van der Waals surface area contributed by atoms with Crippen molar-refractivity contribution in [3.05, 3.63) is 47.5 Å². The Balaban J connectivity index is 2.10. The lowest BCUT2D eigenvalue weighted by molar-refractivity contribution is 0.466. The number of phenols is 1. The monoisotopic (exact) mass is 229 g/mol. The van der Waals surface area contributed by atoms with Crippen molar-refractivity contribution in [1.82, 2.24) is 9.97 Å². The third kappa shape index (κ3) is 2.72. The standard InChI is InChI=1S/C13H15N3O/c1-9-3-11(4-10(2)13(9)17)5-16-12-6-14-8-15-7-12/h3-4,6-8,16-17H,5H2,1-2H3. The number of rotatable bonds is 3. The summed E-state index contributed by atoms with van der Waals surface area (Å²) >= 11 is 0. The fourth-order valence-electron chi connectivity index (χ4n) is 1.74. The third-order valence-corrected chi connectivity index (χ3v) is 2.61. The van der Waals surface area contributed by atoms with E-state index >= 15 is 0 Å². The van der Waals surface area contributed by atoms with Crippen molar-refractivity contribution in [2.75, 3.05) is 5.32 Å². The van der Waals surface area contributed by atoms with Crippen LogP contribution >= 0.6 is 0 Å². The lowest BCUT2D eigenvalue weighted by atomic mass is 10.1. The molecule has 0 aliphatic rings. The predicted octanol–water partition coefficient (Wildman–Crippen LogP) is 2.41. The molecule has 0 spiro atoms. The summed E-state index contributed by atoms with van der Waals surface area (Å²) in [5, 5.41) is 12.9. The van der Waals surface area contributed by atoms with Gasteiger partial charge < -0.3 is 10.4 Å². The van der Waals surface area contributed by atoms with Crippen LogP contribution < -0.4 is 5.32 Å². The third-order valence-electron chi connectivity index (χ3n) is 2.61. The van der Waals surface area contributed by atoms with Gasteiger partial charge in [-0.25, -0.2) is 9.97 Å². The van der Waals surface area contributed by atoms with E-state index in [1.54, 1.807) is 12.4 Å². The van der Waals surface area contributed by atoms with Crippen molar-refractivity contribution in [2.24, 2.45) is 0 Å². The zero-order valence-corrected chi connectivity index (χ0v) is 9.94. The number of nitrogens with zero attached hydrogens (tertiary/aromatic N) is 2. The Hall–Kier alpha value is -2.10. The van der Waals surface area contributed by atoms with E-state index < -0.39 is 0 Å². The molecule has 0 amide bonds. The zero-order chi connectivity index (χ0) is 12.3. The maximum Gasteiger partial charge on any atom is 0.121 e. The molecule has 0 bridgehead atoms. The molecule has 2 aromatic rings. The number of nitrogens with one attached hydrogen (secondary N) is 1. The van der Waals surface area contributed by atoms with Crippen LogP contribution in [0.15, 0.2) is 30.9 Å². The number of aromatic nitrogens is 2. The van der Waals surface area contributed by atoms with Gasteiger partial charge in [-0.05, 0) is 30.5 Å². The minimum absolute atomic E-state index is 0.372. The first-order chi connectivity index (χ1) is 8.16. The first-order valence-electron chi connectivity index (χ1n) is 5.45. The van der Waals surface area contributed by atoms with Crippen LogP contribution in [0, 0.1) is 13.8 Å². The highest BCUT2D eigenvalue weighted by molar-refractivity contribution is 5.44. The summed E-state index contributed by atoms with van der Waals surface area (Å²) in [4.78, 5) is 7.87. The van der Waals surface area contributed by atoms with Gasteiger partial charge in [0, 0.05) is 6.54 Å². The molecular weight excluding hydrogens is 214 g/mol. The summed E-state index contributed by atoms with van der Waals surface area (Å²) < 4.78 is 0. The molecule has 0 saturated heterocycles. The quantitative estimate of drug-likeness (QED) is 0.848. The summed E-state index contributed by atoms with van der Waals surface area (Å²) in [5.74, 6) is 0.372. The molecule has 4 heteroatoms. The van der Waals surface area contributed by atoms with Crippen molar-refractivity contribution in [1.29, 1.82) is 0 Å². The average Bonchev–Trinajstić information content (AvgIpc) is 2.34. The van der Waals surface area contributed by atoms with E-state index in [1.807, 2.05) is 26.0 Å². The van der Waals surface area contributed by atoms with Crippen LogP contribution in [0.2, 0.25) is 0 Å². The molecule has 2 rings (SSSR count). The fraction of sp³-hybridized carbons (Fsp3) is 0.231. The Morgan fingerprint density at radius 1 is 1.12 bits per heavy atom. The van der Waals surface area contributed by atoms with Crippen LogP contribution in [0.25, 0.3) is 0 Å². The molecule has 0 atom stereocenters. The molecule has 88 valence electrons. The van der Waals surface area contributed by atoms with Crippen LogP contribution in [0.4, 0.5) is 5.69 Å². The van der Waals surface area contributed by atoms with Gasteiger partial charge in [-0.3, -0.25) is 0 Å².